The SMILES string of the molecule is CC1(C)c2ccccc2Oc2c1ccc1c2C2(c3ccc(-c4nc(-c5cccc(-c6ccccc6)c5)nc(-c5cccc(-c6ccccc6)c5)n4)cc3-1)C1CC3CC(C1)CC2C3. The van der Waals surface area contributed by atoms with Crippen LogP contribution >= 0.6 is 0 Å². The highest BCUT2D eigenvalue weighted by atomic mass is 16.5. The molecule has 0 N–H and O–H groups in total. The van der Waals surface area contributed by atoms with Crippen LogP contribution < -0.4 is 4.74 Å². The second-order valence-corrected chi connectivity index (χ2v) is 19.2. The number of hydrogen-bond donors (Lipinski definition) is 0. The Labute approximate surface area is 363 Å². The lowest BCUT2D eigenvalue weighted by Gasteiger charge is -2.61. The molecule has 5 aliphatic carbocycles. The molecule has 0 unspecified atom stereocenters. The Morgan fingerprint density at radius 3 is 1.52 bits per heavy atom. The van der Waals surface area contributed by atoms with Crippen LogP contribution in [0.2, 0.25) is 0 Å². The third-order valence-electron chi connectivity index (χ3n) is 15.5. The molecule has 1 spiro atoms. The topological polar surface area (TPSA) is 47.9 Å². The third kappa shape index (κ3) is 5.28. The van der Waals surface area contributed by atoms with Gasteiger partial charge in [0.25, 0.3) is 0 Å². The van der Waals surface area contributed by atoms with E-state index in [4.69, 9.17) is 19.7 Å². The summed E-state index contributed by atoms with van der Waals surface area (Å²) in [5.41, 5.74) is 15.4. The fourth-order valence-corrected chi connectivity index (χ4v) is 13.0. The number of benzene rings is 7. The molecule has 8 aromatic rings. The van der Waals surface area contributed by atoms with Gasteiger partial charge in [-0.1, -0.05) is 153 Å². The Balaban J connectivity index is 1.01. The maximum absolute atomic E-state index is 7.21. The first-order valence-corrected chi connectivity index (χ1v) is 22.6. The smallest absolute Gasteiger partial charge is 0.164 e. The molecule has 0 atom stereocenters. The fourth-order valence-electron chi connectivity index (χ4n) is 13.0. The van der Waals surface area contributed by atoms with Gasteiger partial charge < -0.3 is 4.74 Å². The van der Waals surface area contributed by atoms with E-state index in [1.807, 2.05) is 0 Å². The predicted molar refractivity (Wildman–Crippen MR) is 249 cm³/mol. The van der Waals surface area contributed by atoms with Gasteiger partial charge in [-0.05, 0) is 119 Å². The van der Waals surface area contributed by atoms with Crippen molar-refractivity contribution < 1.29 is 4.74 Å². The quantitative estimate of drug-likeness (QED) is 0.174. The van der Waals surface area contributed by atoms with E-state index >= 15 is 0 Å². The van der Waals surface area contributed by atoms with Crippen LogP contribution in [0.5, 0.6) is 11.5 Å². The zero-order valence-electron chi connectivity index (χ0n) is 35.2. The van der Waals surface area contributed by atoms with Gasteiger partial charge in [-0.15, -0.1) is 0 Å². The molecular formula is C58H47N3O. The summed E-state index contributed by atoms with van der Waals surface area (Å²) in [6, 6.07) is 58.9. The van der Waals surface area contributed by atoms with Crippen molar-refractivity contribution in [2.24, 2.45) is 23.7 Å². The summed E-state index contributed by atoms with van der Waals surface area (Å²) in [6.07, 6.45) is 6.64. The summed E-state index contributed by atoms with van der Waals surface area (Å²) in [5, 5.41) is 0. The number of ether oxygens (including phenoxy) is 1. The van der Waals surface area contributed by atoms with E-state index in [-0.39, 0.29) is 10.8 Å². The first kappa shape index (κ1) is 36.0. The van der Waals surface area contributed by atoms with Crippen molar-refractivity contribution in [3.63, 3.8) is 0 Å². The maximum Gasteiger partial charge on any atom is 0.164 e. The van der Waals surface area contributed by atoms with Gasteiger partial charge in [0.15, 0.2) is 17.5 Å². The minimum absolute atomic E-state index is 0.0739. The van der Waals surface area contributed by atoms with E-state index in [0.29, 0.717) is 29.3 Å². The normalized spacial score (nSPS) is 23.0. The first-order chi connectivity index (χ1) is 30.4. The zero-order chi connectivity index (χ0) is 41.2. The minimum atomic E-state index is -0.181. The Morgan fingerprint density at radius 2 is 0.919 bits per heavy atom. The van der Waals surface area contributed by atoms with Crippen LogP contribution in [0.3, 0.4) is 0 Å². The molecule has 2 heterocycles. The van der Waals surface area contributed by atoms with Crippen molar-refractivity contribution in [2.75, 3.05) is 0 Å². The van der Waals surface area contributed by atoms with Crippen molar-refractivity contribution in [3.05, 3.63) is 186 Å². The fraction of sp³-hybridized carbons (Fsp3) is 0.224. The van der Waals surface area contributed by atoms with Gasteiger partial charge in [0, 0.05) is 44.2 Å². The van der Waals surface area contributed by atoms with Crippen LogP contribution in [0.4, 0.5) is 0 Å². The monoisotopic (exact) mass is 801 g/mol. The molecule has 14 rings (SSSR count). The standard InChI is InChI=1S/C58H47N3O/c1-57(2)49-21-9-10-22-51(49)62-53-50(57)26-24-46-47-34-43(23-25-48(47)58(52(46)53)44-28-35-27-36(30-44)31-45(58)29-35)56-60-54(41-19-11-17-39(32-41)37-13-5-3-6-14-37)59-55(61-56)42-20-12-18-40(33-42)38-15-7-4-8-16-38/h3-26,32-36,44-45H,27-31H2,1-2H3. The molecule has 0 amide bonds. The highest BCUT2D eigenvalue weighted by molar-refractivity contribution is 5.88. The summed E-state index contributed by atoms with van der Waals surface area (Å²) in [5.74, 6) is 6.99. The second kappa shape index (κ2) is 13.4. The number of nitrogens with zero attached hydrogens (tertiary/aromatic N) is 3. The summed E-state index contributed by atoms with van der Waals surface area (Å²) in [4.78, 5) is 15.9. The Bertz CT molecular complexity index is 2970. The van der Waals surface area contributed by atoms with Gasteiger partial charge in [-0.2, -0.15) is 0 Å². The molecule has 4 heteroatoms. The molecule has 300 valence electrons. The van der Waals surface area contributed by atoms with Crippen LogP contribution in [0.1, 0.15) is 68.2 Å². The number of rotatable bonds is 5. The van der Waals surface area contributed by atoms with Crippen molar-refractivity contribution in [2.45, 2.75) is 56.8 Å². The van der Waals surface area contributed by atoms with E-state index in [2.05, 4.69) is 178 Å². The largest absolute Gasteiger partial charge is 0.456 e. The molecule has 4 fully saturated rings. The lowest BCUT2D eigenvalue weighted by atomic mass is 9.43. The van der Waals surface area contributed by atoms with Crippen LogP contribution in [0.25, 0.3) is 67.5 Å². The average molecular weight is 802 g/mol. The van der Waals surface area contributed by atoms with Gasteiger partial charge in [0.2, 0.25) is 0 Å². The highest BCUT2D eigenvalue weighted by Gasteiger charge is 2.63. The summed E-state index contributed by atoms with van der Waals surface area (Å²) < 4.78 is 7.21. The van der Waals surface area contributed by atoms with Gasteiger partial charge in [0.05, 0.1) is 0 Å². The molecule has 4 bridgehead atoms. The zero-order valence-corrected chi connectivity index (χ0v) is 35.2. The molecule has 0 saturated heterocycles. The van der Waals surface area contributed by atoms with E-state index in [0.717, 1.165) is 62.3 Å². The third-order valence-corrected chi connectivity index (χ3v) is 15.5. The molecule has 7 aromatic carbocycles. The number of fused-ring (bicyclic) bond motifs is 6. The Kier molecular flexibility index (Phi) is 7.80. The van der Waals surface area contributed by atoms with Gasteiger partial charge in [0.1, 0.15) is 11.5 Å². The number of para-hydroxylation sites is 1. The van der Waals surface area contributed by atoms with E-state index in [9.17, 15) is 0 Å². The minimum Gasteiger partial charge on any atom is -0.456 e. The highest BCUT2D eigenvalue weighted by Crippen LogP contribution is 2.72. The Hall–Kier alpha value is -6.65. The van der Waals surface area contributed by atoms with E-state index in [1.54, 1.807) is 0 Å². The predicted octanol–water partition coefficient (Wildman–Crippen LogP) is 14.4. The molecule has 1 aromatic heterocycles. The molecule has 4 nitrogen and oxygen atoms in total. The van der Waals surface area contributed by atoms with Crippen molar-refractivity contribution in [1.29, 1.82) is 0 Å². The van der Waals surface area contributed by atoms with Gasteiger partial charge in [-0.25, -0.2) is 15.0 Å². The maximum atomic E-state index is 7.21. The van der Waals surface area contributed by atoms with Crippen molar-refractivity contribution in [1.82, 2.24) is 15.0 Å². The summed E-state index contributed by atoms with van der Waals surface area (Å²) >= 11 is 0. The number of hydrogen-bond acceptors (Lipinski definition) is 4. The summed E-state index contributed by atoms with van der Waals surface area (Å²) in [7, 11) is 0. The van der Waals surface area contributed by atoms with Gasteiger partial charge >= 0.3 is 0 Å². The van der Waals surface area contributed by atoms with Crippen LogP contribution in [0.15, 0.2) is 164 Å². The molecule has 62 heavy (non-hydrogen) atoms. The molecule has 6 aliphatic rings. The first-order valence-electron chi connectivity index (χ1n) is 22.6. The van der Waals surface area contributed by atoms with E-state index < -0.39 is 0 Å². The van der Waals surface area contributed by atoms with Crippen LogP contribution in [-0.2, 0) is 10.8 Å². The average Bonchev–Trinajstić information content (AvgIpc) is 3.61. The summed E-state index contributed by atoms with van der Waals surface area (Å²) in [6.45, 7) is 4.76. The lowest BCUT2D eigenvalue weighted by Crippen LogP contribution is -2.55. The van der Waals surface area contributed by atoms with Crippen molar-refractivity contribution in [3.8, 4) is 79.0 Å². The van der Waals surface area contributed by atoms with Crippen LogP contribution in [0, 0.1) is 23.7 Å². The Morgan fingerprint density at radius 1 is 0.419 bits per heavy atom. The second-order valence-electron chi connectivity index (χ2n) is 19.2. The molecule has 4 saturated carbocycles. The lowest BCUT2D eigenvalue weighted by molar-refractivity contribution is -0.0406. The van der Waals surface area contributed by atoms with Crippen molar-refractivity contribution >= 4 is 0 Å². The number of aromatic nitrogens is 3. The molecule has 0 radical (unpaired) electrons. The van der Waals surface area contributed by atoms with Crippen LogP contribution in [-0.4, -0.2) is 15.0 Å². The molecular weight excluding hydrogens is 755 g/mol. The molecule has 1 aliphatic heterocycles. The van der Waals surface area contributed by atoms with E-state index in [1.165, 1.54) is 65.5 Å². The van der Waals surface area contributed by atoms with Gasteiger partial charge in [-0.3, -0.25) is 0 Å².